The van der Waals surface area contributed by atoms with Gasteiger partial charge in [-0.1, -0.05) is 44.2 Å². The molecule has 0 saturated carbocycles. The van der Waals surface area contributed by atoms with Crippen molar-refractivity contribution in [3.05, 3.63) is 47.7 Å². The van der Waals surface area contributed by atoms with Crippen molar-refractivity contribution in [2.75, 3.05) is 23.7 Å². The lowest BCUT2D eigenvalue weighted by molar-refractivity contribution is 0.686. The Morgan fingerprint density at radius 2 is 1.81 bits per heavy atom. The quantitative estimate of drug-likeness (QED) is 0.817. The largest absolute Gasteiger partial charge is 0.370 e. The molecule has 0 radical (unpaired) electrons. The van der Waals surface area contributed by atoms with Gasteiger partial charge in [0.05, 0.1) is 0 Å². The van der Waals surface area contributed by atoms with E-state index in [-0.39, 0.29) is 0 Å². The fraction of sp³-hybridized carbons (Fsp3) is 0.412. The molecule has 112 valence electrons. The van der Waals surface area contributed by atoms with Gasteiger partial charge < -0.3 is 10.6 Å². The number of anilines is 2. The first-order valence-corrected chi connectivity index (χ1v) is 7.51. The molecule has 0 aliphatic heterocycles. The van der Waals surface area contributed by atoms with Gasteiger partial charge in [0.25, 0.3) is 0 Å². The van der Waals surface area contributed by atoms with Crippen LogP contribution in [0.15, 0.2) is 36.4 Å². The fourth-order valence-electron chi connectivity index (χ4n) is 2.01. The summed E-state index contributed by atoms with van der Waals surface area (Å²) in [6, 6.07) is 12.4. The lowest BCUT2D eigenvalue weighted by Gasteiger charge is -2.11. The second-order valence-electron chi connectivity index (χ2n) is 5.66. The standard InChI is InChI=1S/C17H24N4/c1-13(2)12-19-16-11-14(3)20-17(21-16)18-10-9-15-7-5-4-6-8-15/h4-8,11,13H,9-10,12H2,1-3H3,(H2,18,19,20,21). The van der Waals surface area contributed by atoms with Crippen molar-refractivity contribution in [1.82, 2.24) is 9.97 Å². The van der Waals surface area contributed by atoms with Crippen LogP contribution < -0.4 is 10.6 Å². The molecule has 0 aliphatic carbocycles. The number of aryl methyl sites for hydroxylation is 1. The molecule has 2 rings (SSSR count). The van der Waals surface area contributed by atoms with E-state index in [0.717, 1.165) is 31.0 Å². The fourth-order valence-corrected chi connectivity index (χ4v) is 2.01. The molecule has 0 fully saturated rings. The second kappa shape index (κ2) is 7.62. The van der Waals surface area contributed by atoms with Crippen LogP contribution in [0.3, 0.4) is 0 Å². The minimum atomic E-state index is 0.592. The van der Waals surface area contributed by atoms with Crippen LogP contribution in [0.4, 0.5) is 11.8 Å². The summed E-state index contributed by atoms with van der Waals surface area (Å²) in [6.45, 7) is 8.10. The summed E-state index contributed by atoms with van der Waals surface area (Å²) in [4.78, 5) is 8.93. The van der Waals surface area contributed by atoms with E-state index in [0.29, 0.717) is 11.9 Å². The molecule has 0 bridgehead atoms. The third-order valence-corrected chi connectivity index (χ3v) is 3.09. The van der Waals surface area contributed by atoms with Gasteiger partial charge in [-0.3, -0.25) is 0 Å². The van der Waals surface area contributed by atoms with E-state index in [2.05, 4.69) is 58.7 Å². The van der Waals surface area contributed by atoms with E-state index in [1.54, 1.807) is 0 Å². The molecule has 0 spiro atoms. The molecule has 4 nitrogen and oxygen atoms in total. The maximum absolute atomic E-state index is 4.50. The van der Waals surface area contributed by atoms with Crippen LogP contribution in [0.25, 0.3) is 0 Å². The van der Waals surface area contributed by atoms with Gasteiger partial charge in [0.1, 0.15) is 5.82 Å². The van der Waals surface area contributed by atoms with Crippen LogP contribution in [-0.4, -0.2) is 23.1 Å². The Hall–Kier alpha value is -2.10. The zero-order valence-electron chi connectivity index (χ0n) is 13.1. The van der Waals surface area contributed by atoms with Gasteiger partial charge in [0.15, 0.2) is 0 Å². The third-order valence-electron chi connectivity index (χ3n) is 3.09. The Bertz CT molecular complexity index is 552. The van der Waals surface area contributed by atoms with Gasteiger partial charge in [-0.25, -0.2) is 4.98 Å². The van der Waals surface area contributed by atoms with Crippen LogP contribution in [-0.2, 0) is 6.42 Å². The Kier molecular flexibility index (Phi) is 5.55. The second-order valence-corrected chi connectivity index (χ2v) is 5.66. The first-order valence-electron chi connectivity index (χ1n) is 7.51. The van der Waals surface area contributed by atoms with Crippen molar-refractivity contribution < 1.29 is 0 Å². The van der Waals surface area contributed by atoms with Crippen molar-refractivity contribution in [2.45, 2.75) is 27.2 Å². The molecule has 0 aliphatic rings. The Morgan fingerprint density at radius 1 is 1.05 bits per heavy atom. The van der Waals surface area contributed by atoms with Crippen molar-refractivity contribution in [2.24, 2.45) is 5.92 Å². The maximum atomic E-state index is 4.50. The molecular weight excluding hydrogens is 260 g/mol. The number of hydrogen-bond acceptors (Lipinski definition) is 4. The predicted octanol–water partition coefficient (Wildman–Crippen LogP) is 3.51. The van der Waals surface area contributed by atoms with E-state index in [4.69, 9.17) is 0 Å². The highest BCUT2D eigenvalue weighted by atomic mass is 15.1. The zero-order valence-corrected chi connectivity index (χ0v) is 13.1. The normalized spacial score (nSPS) is 10.7. The Balaban J connectivity index is 1.90. The lowest BCUT2D eigenvalue weighted by atomic mass is 10.1. The summed E-state index contributed by atoms with van der Waals surface area (Å²) in [5, 5.41) is 6.64. The SMILES string of the molecule is Cc1cc(NCC(C)C)nc(NCCc2ccccc2)n1. The first-order chi connectivity index (χ1) is 10.1. The molecule has 1 heterocycles. The molecule has 4 heteroatoms. The Morgan fingerprint density at radius 3 is 2.52 bits per heavy atom. The minimum absolute atomic E-state index is 0.592. The smallest absolute Gasteiger partial charge is 0.224 e. The monoisotopic (exact) mass is 284 g/mol. The number of rotatable bonds is 7. The summed E-state index contributed by atoms with van der Waals surface area (Å²) in [5.74, 6) is 2.17. The minimum Gasteiger partial charge on any atom is -0.370 e. The molecule has 2 N–H and O–H groups in total. The average molecular weight is 284 g/mol. The molecule has 21 heavy (non-hydrogen) atoms. The number of aromatic nitrogens is 2. The van der Waals surface area contributed by atoms with E-state index in [9.17, 15) is 0 Å². The van der Waals surface area contributed by atoms with Crippen LogP contribution >= 0.6 is 0 Å². The topological polar surface area (TPSA) is 49.8 Å². The van der Waals surface area contributed by atoms with Crippen molar-refractivity contribution in [3.63, 3.8) is 0 Å². The molecule has 1 aromatic carbocycles. The summed E-state index contributed by atoms with van der Waals surface area (Å²) in [5.41, 5.74) is 2.29. The van der Waals surface area contributed by atoms with E-state index in [1.165, 1.54) is 5.56 Å². The summed E-state index contributed by atoms with van der Waals surface area (Å²) in [6.07, 6.45) is 0.965. The molecule has 0 unspecified atom stereocenters. The van der Waals surface area contributed by atoms with Crippen LogP contribution in [0.5, 0.6) is 0 Å². The van der Waals surface area contributed by atoms with Crippen molar-refractivity contribution >= 4 is 11.8 Å². The van der Waals surface area contributed by atoms with Gasteiger partial charge in [0, 0.05) is 24.8 Å². The van der Waals surface area contributed by atoms with Crippen LogP contribution in [0.1, 0.15) is 25.1 Å². The Labute approximate surface area is 127 Å². The van der Waals surface area contributed by atoms with Gasteiger partial charge in [-0.05, 0) is 24.8 Å². The lowest BCUT2D eigenvalue weighted by Crippen LogP contribution is -2.13. The molecule has 2 aromatic rings. The van der Waals surface area contributed by atoms with Gasteiger partial charge in [0.2, 0.25) is 5.95 Å². The average Bonchev–Trinajstić information content (AvgIpc) is 2.46. The number of nitrogens with one attached hydrogen (secondary N) is 2. The maximum Gasteiger partial charge on any atom is 0.224 e. The number of nitrogens with zero attached hydrogens (tertiary/aromatic N) is 2. The van der Waals surface area contributed by atoms with E-state index >= 15 is 0 Å². The molecule has 1 aromatic heterocycles. The van der Waals surface area contributed by atoms with Crippen molar-refractivity contribution in [1.29, 1.82) is 0 Å². The highest BCUT2D eigenvalue weighted by Gasteiger charge is 2.02. The van der Waals surface area contributed by atoms with Crippen LogP contribution in [0.2, 0.25) is 0 Å². The molecule has 0 atom stereocenters. The van der Waals surface area contributed by atoms with Gasteiger partial charge >= 0.3 is 0 Å². The highest BCUT2D eigenvalue weighted by molar-refractivity contribution is 5.42. The van der Waals surface area contributed by atoms with Gasteiger partial charge in [-0.2, -0.15) is 4.98 Å². The molecular formula is C17H24N4. The van der Waals surface area contributed by atoms with Crippen molar-refractivity contribution in [3.8, 4) is 0 Å². The van der Waals surface area contributed by atoms with E-state index < -0.39 is 0 Å². The van der Waals surface area contributed by atoms with Crippen LogP contribution in [0, 0.1) is 12.8 Å². The number of hydrogen-bond donors (Lipinski definition) is 2. The molecule has 0 amide bonds. The zero-order chi connectivity index (χ0) is 15.1. The first kappa shape index (κ1) is 15.3. The van der Waals surface area contributed by atoms with E-state index in [1.807, 2.05) is 19.1 Å². The van der Waals surface area contributed by atoms with Gasteiger partial charge in [-0.15, -0.1) is 0 Å². The number of benzene rings is 1. The molecule has 0 saturated heterocycles. The summed E-state index contributed by atoms with van der Waals surface area (Å²) in [7, 11) is 0. The highest BCUT2D eigenvalue weighted by Crippen LogP contribution is 2.10. The predicted molar refractivity (Wildman–Crippen MR) is 88.7 cm³/mol. The summed E-state index contributed by atoms with van der Waals surface area (Å²) >= 11 is 0. The third kappa shape index (κ3) is 5.42. The summed E-state index contributed by atoms with van der Waals surface area (Å²) < 4.78 is 0.